The fourth-order valence-corrected chi connectivity index (χ4v) is 2.25. The van der Waals surface area contributed by atoms with Crippen molar-refractivity contribution in [2.45, 2.75) is 24.5 Å². The molecule has 4 atom stereocenters. The first-order chi connectivity index (χ1) is 9.52. The van der Waals surface area contributed by atoms with Gasteiger partial charge in [0.25, 0.3) is 5.56 Å². The van der Waals surface area contributed by atoms with E-state index in [1.54, 1.807) is 0 Å². The van der Waals surface area contributed by atoms with Crippen molar-refractivity contribution in [3.05, 3.63) is 27.2 Å². The highest BCUT2D eigenvalue weighted by Gasteiger charge is 2.43. The summed E-state index contributed by atoms with van der Waals surface area (Å²) >= 11 is 0. The van der Waals surface area contributed by atoms with E-state index in [0.29, 0.717) is 0 Å². The van der Waals surface area contributed by atoms with Crippen LogP contribution in [0.1, 0.15) is 6.23 Å². The number of hydrogen-bond donors (Lipinski definition) is 5. The normalized spacial score (nSPS) is 30.1. The van der Waals surface area contributed by atoms with Crippen LogP contribution in [0.3, 0.4) is 0 Å². The van der Waals surface area contributed by atoms with Crippen LogP contribution in [0.4, 0.5) is 0 Å². The summed E-state index contributed by atoms with van der Waals surface area (Å²) in [5.41, 5.74) is -1.36. The average molecular weight is 289 g/mol. The summed E-state index contributed by atoms with van der Waals surface area (Å²) < 4.78 is 6.54. The molecule has 0 saturated carbocycles. The molecule has 2 aromatic heterocycles. The minimum absolute atomic E-state index is 0.0256. The lowest BCUT2D eigenvalue weighted by molar-refractivity contribution is -0.0511. The molecule has 1 aliphatic heterocycles. The third-order valence-electron chi connectivity index (χ3n) is 3.26. The summed E-state index contributed by atoms with van der Waals surface area (Å²) in [5, 5.41) is 28.7. The van der Waals surface area contributed by atoms with E-state index in [1.165, 1.54) is 10.9 Å². The first kappa shape index (κ1) is 13.0. The lowest BCUT2D eigenvalue weighted by Gasteiger charge is -2.16. The van der Waals surface area contributed by atoms with Crippen LogP contribution in [0.15, 0.2) is 15.9 Å². The molecule has 10 heteroatoms. The molecule has 20 heavy (non-hydrogen) atoms. The molecule has 0 aliphatic carbocycles. The molecule has 0 spiro atoms. The molecule has 10 nitrogen and oxygen atoms in total. The van der Waals surface area contributed by atoms with Gasteiger partial charge in [-0.25, -0.2) is 9.78 Å². The van der Waals surface area contributed by atoms with Crippen LogP contribution in [0, 0.1) is 0 Å². The first-order valence-electron chi connectivity index (χ1n) is 5.84. The molecule has 1 fully saturated rings. The van der Waals surface area contributed by atoms with E-state index in [-0.39, 0.29) is 11.2 Å². The van der Waals surface area contributed by atoms with Crippen LogP contribution in [-0.2, 0) is 4.74 Å². The van der Waals surface area contributed by atoms with Crippen LogP contribution >= 0.6 is 0 Å². The SMILES string of the molecule is O=c1[nH]c(=O)c2ncn([13C@@H]3O[13C@H]([13CH2]O)[13C@@H](O)[13C@H]3O)c2[nH]1. The molecular weight excluding hydrogens is 277 g/mol. The molecule has 0 radical (unpaired) electrons. The van der Waals surface area contributed by atoms with Gasteiger partial charge in [-0.2, -0.15) is 0 Å². The fraction of sp³-hybridized carbons (Fsp3) is 0.500. The van der Waals surface area contributed by atoms with Gasteiger partial charge in [0, 0.05) is 0 Å². The van der Waals surface area contributed by atoms with E-state index in [2.05, 4.69) is 9.97 Å². The molecule has 0 unspecified atom stereocenters. The molecular formula is C10H12N4O6. The third kappa shape index (κ3) is 1.78. The molecule has 108 valence electrons. The number of ether oxygens (including phenoxy) is 1. The monoisotopic (exact) mass is 289 g/mol. The molecule has 0 bridgehead atoms. The first-order valence-corrected chi connectivity index (χ1v) is 5.84. The number of aromatic amines is 2. The Morgan fingerprint density at radius 3 is 2.70 bits per heavy atom. The van der Waals surface area contributed by atoms with Gasteiger partial charge >= 0.3 is 5.69 Å². The minimum atomic E-state index is -1.33. The number of aliphatic hydroxyl groups is 3. The second-order valence-electron chi connectivity index (χ2n) is 4.49. The number of nitrogens with zero attached hydrogens (tertiary/aromatic N) is 2. The zero-order valence-corrected chi connectivity index (χ0v) is 10.1. The smallest absolute Gasteiger partial charge is 0.327 e. The van der Waals surface area contributed by atoms with Gasteiger partial charge in [0.2, 0.25) is 0 Å². The molecule has 1 aliphatic rings. The fourth-order valence-electron chi connectivity index (χ4n) is 2.25. The Morgan fingerprint density at radius 1 is 1.30 bits per heavy atom. The van der Waals surface area contributed by atoms with Gasteiger partial charge in [0.05, 0.1) is 12.9 Å². The number of rotatable bonds is 2. The van der Waals surface area contributed by atoms with Gasteiger partial charge in [0.1, 0.15) is 24.0 Å². The number of hydrogen-bond acceptors (Lipinski definition) is 7. The largest absolute Gasteiger partial charge is 0.394 e. The van der Waals surface area contributed by atoms with E-state index in [0.717, 1.165) is 0 Å². The highest BCUT2D eigenvalue weighted by molar-refractivity contribution is 5.68. The van der Waals surface area contributed by atoms with Gasteiger partial charge in [-0.1, -0.05) is 0 Å². The van der Waals surface area contributed by atoms with E-state index < -0.39 is 42.4 Å². The van der Waals surface area contributed by atoms with E-state index in [9.17, 15) is 19.8 Å². The number of nitrogens with one attached hydrogen (secondary N) is 2. The highest BCUT2D eigenvalue weighted by Crippen LogP contribution is 2.30. The average Bonchev–Trinajstić information content (AvgIpc) is 2.93. The van der Waals surface area contributed by atoms with Crippen molar-refractivity contribution in [1.29, 1.82) is 0 Å². The van der Waals surface area contributed by atoms with Gasteiger partial charge in [-0.15, -0.1) is 0 Å². The number of aliphatic hydroxyl groups excluding tert-OH is 3. The van der Waals surface area contributed by atoms with Crippen molar-refractivity contribution in [3.63, 3.8) is 0 Å². The summed E-state index contributed by atoms with van der Waals surface area (Å²) in [7, 11) is 0. The number of aromatic nitrogens is 4. The highest BCUT2D eigenvalue weighted by atomic mass is 16.8. The van der Waals surface area contributed by atoms with E-state index >= 15 is 0 Å². The maximum atomic E-state index is 11.6. The number of imidazole rings is 1. The molecule has 3 rings (SSSR count). The third-order valence-corrected chi connectivity index (χ3v) is 3.26. The Labute approximate surface area is 110 Å². The van der Waals surface area contributed by atoms with Crippen molar-refractivity contribution >= 4 is 11.2 Å². The predicted molar refractivity (Wildman–Crippen MR) is 64.0 cm³/mol. The number of fused-ring (bicyclic) bond motifs is 1. The van der Waals surface area contributed by atoms with E-state index in [4.69, 9.17) is 9.84 Å². The standard InChI is InChI=1S/C10H12N4O6/c15-1-3-5(16)6(17)9(20-3)14-2-11-4-7(14)12-10(19)13-8(4)18/h2-3,5-6,9,15-17H,1H2,(H2,12,13,18,19)/t3-,5-,6-,9-/m1/s1/i1+1,3+1,5+1,6+1,9+1. The molecule has 3 heterocycles. The minimum Gasteiger partial charge on any atom is -0.394 e. The Bertz CT molecular complexity index is 748. The lowest BCUT2D eigenvalue weighted by Crippen LogP contribution is -2.33. The summed E-state index contributed by atoms with van der Waals surface area (Å²) in [6.45, 7) is -0.474. The topological polar surface area (TPSA) is 153 Å². The Morgan fingerprint density at radius 2 is 2.05 bits per heavy atom. The quantitative estimate of drug-likeness (QED) is 0.370. The molecule has 2 aromatic rings. The van der Waals surface area contributed by atoms with Gasteiger partial charge in [-0.05, 0) is 0 Å². The van der Waals surface area contributed by atoms with Gasteiger partial charge in [0.15, 0.2) is 11.7 Å². The predicted octanol–water partition coefficient (Wildman–Crippen LogP) is -2.98. The van der Waals surface area contributed by atoms with Crippen molar-refractivity contribution in [1.82, 2.24) is 19.5 Å². The molecule has 0 aromatic carbocycles. The molecule has 1 saturated heterocycles. The summed E-state index contributed by atoms with van der Waals surface area (Å²) in [4.78, 5) is 31.1. The summed E-state index contributed by atoms with van der Waals surface area (Å²) in [6, 6.07) is 0. The lowest BCUT2D eigenvalue weighted by atomic mass is 10.5. The Hall–Kier alpha value is -2.01. The van der Waals surface area contributed by atoms with Crippen LogP contribution in [-0.4, -0.2) is 59.8 Å². The second kappa shape index (κ2) is 4.52. The van der Waals surface area contributed by atoms with E-state index in [1.807, 2.05) is 4.98 Å². The van der Waals surface area contributed by atoms with Gasteiger partial charge < -0.3 is 20.1 Å². The van der Waals surface area contributed by atoms with Crippen molar-refractivity contribution in [3.8, 4) is 0 Å². The second-order valence-corrected chi connectivity index (χ2v) is 4.49. The van der Waals surface area contributed by atoms with Crippen molar-refractivity contribution < 1.29 is 20.1 Å². The zero-order chi connectivity index (χ0) is 14.4. The number of H-pyrrole nitrogens is 2. The summed E-state index contributed by atoms with van der Waals surface area (Å²) in [6.07, 6.45) is -3.43. The molecule has 0 amide bonds. The maximum Gasteiger partial charge on any atom is 0.327 e. The van der Waals surface area contributed by atoms with Gasteiger partial charge in [-0.3, -0.25) is 19.3 Å². The summed E-state index contributed by atoms with van der Waals surface area (Å²) in [5.74, 6) is 0. The maximum absolute atomic E-state index is 11.6. The van der Waals surface area contributed by atoms with Crippen molar-refractivity contribution in [2.24, 2.45) is 0 Å². The van der Waals surface area contributed by atoms with Crippen LogP contribution < -0.4 is 11.2 Å². The van der Waals surface area contributed by atoms with Crippen LogP contribution in [0.5, 0.6) is 0 Å². The Balaban J connectivity index is 2.12. The van der Waals surface area contributed by atoms with Crippen LogP contribution in [0.25, 0.3) is 11.2 Å². The molecule has 5 N–H and O–H groups in total. The van der Waals surface area contributed by atoms with Crippen molar-refractivity contribution in [2.75, 3.05) is 6.61 Å². The van der Waals surface area contributed by atoms with Crippen LogP contribution in [0.2, 0.25) is 0 Å². The Kier molecular flexibility index (Phi) is 2.94. The zero-order valence-electron chi connectivity index (χ0n) is 10.1.